The van der Waals surface area contributed by atoms with E-state index in [-0.39, 0.29) is 11.5 Å². The highest BCUT2D eigenvalue weighted by molar-refractivity contribution is 5.11. The standard InChI is InChI=1S/C14H24O/c1-10(15)14-6-11-4-12(2,8-14)7-13(3,5-11)9-14/h10-11,15H,4-9H2,1-3H3/t10-,11?,12-,13+,14?/m0/s1. The second kappa shape index (κ2) is 2.61. The largest absolute Gasteiger partial charge is 0.393 e. The highest BCUT2D eigenvalue weighted by Gasteiger charge is 2.61. The van der Waals surface area contributed by atoms with E-state index in [1.807, 2.05) is 6.92 Å². The van der Waals surface area contributed by atoms with Crippen molar-refractivity contribution in [3.8, 4) is 0 Å². The number of hydrogen-bond donors (Lipinski definition) is 1. The van der Waals surface area contributed by atoms with Crippen LogP contribution >= 0.6 is 0 Å². The number of rotatable bonds is 1. The molecule has 0 amide bonds. The normalized spacial score (nSPS) is 59.6. The summed E-state index contributed by atoms with van der Waals surface area (Å²) in [5, 5.41) is 10.1. The molecule has 1 N–H and O–H groups in total. The predicted molar refractivity (Wildman–Crippen MR) is 61.5 cm³/mol. The molecular formula is C14H24O. The molecule has 4 saturated carbocycles. The number of aliphatic hydroxyl groups is 1. The van der Waals surface area contributed by atoms with Crippen molar-refractivity contribution in [1.29, 1.82) is 0 Å². The second-order valence-corrected chi connectivity index (χ2v) is 7.67. The Morgan fingerprint density at radius 1 is 1.00 bits per heavy atom. The molecule has 0 radical (unpaired) electrons. The van der Waals surface area contributed by atoms with E-state index in [2.05, 4.69) is 13.8 Å². The quantitative estimate of drug-likeness (QED) is 0.700. The fourth-order valence-corrected chi connectivity index (χ4v) is 6.00. The van der Waals surface area contributed by atoms with Crippen LogP contribution in [0.15, 0.2) is 0 Å². The first-order valence-corrected chi connectivity index (χ1v) is 6.53. The molecule has 0 aromatic rings. The Morgan fingerprint density at radius 2 is 1.53 bits per heavy atom. The zero-order valence-electron chi connectivity index (χ0n) is 10.3. The minimum absolute atomic E-state index is 0.0976. The van der Waals surface area contributed by atoms with Crippen LogP contribution in [-0.4, -0.2) is 11.2 Å². The average molecular weight is 208 g/mol. The molecule has 1 nitrogen and oxygen atoms in total. The zero-order chi connectivity index (χ0) is 10.9. The summed E-state index contributed by atoms with van der Waals surface area (Å²) in [6.45, 7) is 6.96. The molecule has 0 aromatic heterocycles. The van der Waals surface area contributed by atoms with Gasteiger partial charge in [-0.15, -0.1) is 0 Å². The van der Waals surface area contributed by atoms with Gasteiger partial charge in [0.05, 0.1) is 6.10 Å². The minimum atomic E-state index is -0.0976. The molecule has 0 aromatic carbocycles. The van der Waals surface area contributed by atoms with E-state index >= 15 is 0 Å². The molecule has 2 unspecified atom stereocenters. The molecular weight excluding hydrogens is 184 g/mol. The van der Waals surface area contributed by atoms with Gasteiger partial charge in [-0.25, -0.2) is 0 Å². The molecule has 0 spiro atoms. The van der Waals surface area contributed by atoms with Crippen molar-refractivity contribution in [2.45, 2.75) is 65.4 Å². The van der Waals surface area contributed by atoms with Crippen molar-refractivity contribution < 1.29 is 5.11 Å². The summed E-state index contributed by atoms with van der Waals surface area (Å²) in [6.07, 6.45) is 8.03. The Hall–Kier alpha value is -0.0400. The van der Waals surface area contributed by atoms with Crippen molar-refractivity contribution in [3.63, 3.8) is 0 Å². The highest BCUT2D eigenvalue weighted by Crippen LogP contribution is 2.70. The lowest BCUT2D eigenvalue weighted by Gasteiger charge is -2.66. The third kappa shape index (κ3) is 1.32. The first-order valence-electron chi connectivity index (χ1n) is 6.53. The molecule has 4 fully saturated rings. The lowest BCUT2D eigenvalue weighted by Crippen LogP contribution is -2.58. The van der Waals surface area contributed by atoms with Gasteiger partial charge in [-0.3, -0.25) is 0 Å². The van der Waals surface area contributed by atoms with E-state index in [0.29, 0.717) is 10.8 Å². The lowest BCUT2D eigenvalue weighted by atomic mass is 9.39. The van der Waals surface area contributed by atoms with Crippen molar-refractivity contribution in [3.05, 3.63) is 0 Å². The van der Waals surface area contributed by atoms with Gasteiger partial charge in [-0.2, -0.15) is 0 Å². The summed E-state index contributed by atoms with van der Waals surface area (Å²) < 4.78 is 0. The van der Waals surface area contributed by atoms with E-state index in [1.165, 1.54) is 38.5 Å². The van der Waals surface area contributed by atoms with Gasteiger partial charge in [-0.05, 0) is 67.6 Å². The maximum absolute atomic E-state index is 10.1. The average Bonchev–Trinajstić information content (AvgIpc) is 1.95. The van der Waals surface area contributed by atoms with Gasteiger partial charge in [-0.1, -0.05) is 13.8 Å². The Balaban J connectivity index is 2.02. The zero-order valence-corrected chi connectivity index (χ0v) is 10.3. The molecule has 86 valence electrons. The molecule has 4 rings (SSSR count). The number of aliphatic hydroxyl groups excluding tert-OH is 1. The molecule has 4 aliphatic rings. The first-order chi connectivity index (χ1) is 6.85. The fraction of sp³-hybridized carbons (Fsp3) is 1.00. The van der Waals surface area contributed by atoms with E-state index in [9.17, 15) is 5.11 Å². The van der Waals surface area contributed by atoms with Crippen molar-refractivity contribution in [2.75, 3.05) is 0 Å². The highest BCUT2D eigenvalue weighted by atomic mass is 16.3. The Morgan fingerprint density at radius 3 is 1.93 bits per heavy atom. The summed E-state index contributed by atoms with van der Waals surface area (Å²) in [5.41, 5.74) is 1.37. The second-order valence-electron chi connectivity index (χ2n) is 7.67. The van der Waals surface area contributed by atoms with Gasteiger partial charge in [0.2, 0.25) is 0 Å². The Kier molecular flexibility index (Phi) is 1.77. The fourth-order valence-electron chi connectivity index (χ4n) is 6.00. The van der Waals surface area contributed by atoms with E-state index < -0.39 is 0 Å². The number of hydrogen-bond acceptors (Lipinski definition) is 1. The van der Waals surface area contributed by atoms with Crippen molar-refractivity contribution in [1.82, 2.24) is 0 Å². The van der Waals surface area contributed by atoms with Gasteiger partial charge in [0.25, 0.3) is 0 Å². The lowest BCUT2D eigenvalue weighted by molar-refractivity contribution is -0.181. The third-order valence-electron chi connectivity index (χ3n) is 5.56. The summed E-state index contributed by atoms with van der Waals surface area (Å²) in [4.78, 5) is 0. The first kappa shape index (κ1) is 10.1. The summed E-state index contributed by atoms with van der Waals surface area (Å²) in [6, 6.07) is 0. The van der Waals surface area contributed by atoms with Crippen molar-refractivity contribution >= 4 is 0 Å². The summed E-state index contributed by atoms with van der Waals surface area (Å²) in [7, 11) is 0. The van der Waals surface area contributed by atoms with E-state index in [1.54, 1.807) is 0 Å². The smallest absolute Gasteiger partial charge is 0.0568 e. The maximum Gasteiger partial charge on any atom is 0.0568 e. The molecule has 4 aliphatic carbocycles. The summed E-state index contributed by atoms with van der Waals surface area (Å²) in [5.74, 6) is 0.908. The van der Waals surface area contributed by atoms with Crippen LogP contribution in [0.5, 0.6) is 0 Å². The monoisotopic (exact) mass is 208 g/mol. The van der Waals surface area contributed by atoms with Gasteiger partial charge < -0.3 is 5.11 Å². The van der Waals surface area contributed by atoms with Crippen LogP contribution in [0.4, 0.5) is 0 Å². The van der Waals surface area contributed by atoms with Crippen molar-refractivity contribution in [2.24, 2.45) is 22.2 Å². The Labute approximate surface area is 93.3 Å². The van der Waals surface area contributed by atoms with Gasteiger partial charge >= 0.3 is 0 Å². The van der Waals surface area contributed by atoms with Crippen LogP contribution in [0.25, 0.3) is 0 Å². The van der Waals surface area contributed by atoms with Gasteiger partial charge in [0.15, 0.2) is 0 Å². The molecule has 15 heavy (non-hydrogen) atoms. The van der Waals surface area contributed by atoms with Crippen LogP contribution in [0, 0.1) is 22.2 Å². The van der Waals surface area contributed by atoms with Crippen LogP contribution in [-0.2, 0) is 0 Å². The minimum Gasteiger partial charge on any atom is -0.393 e. The molecule has 0 saturated heterocycles. The van der Waals surface area contributed by atoms with E-state index in [4.69, 9.17) is 0 Å². The molecule has 5 atom stereocenters. The van der Waals surface area contributed by atoms with Crippen LogP contribution in [0.1, 0.15) is 59.3 Å². The third-order valence-corrected chi connectivity index (χ3v) is 5.56. The SMILES string of the molecule is C[C@H](O)C12CC3C[C@@](C)(C1)C[C@](C)(C3)C2. The van der Waals surface area contributed by atoms with Crippen LogP contribution in [0.3, 0.4) is 0 Å². The van der Waals surface area contributed by atoms with Crippen LogP contribution < -0.4 is 0 Å². The maximum atomic E-state index is 10.1. The topological polar surface area (TPSA) is 20.2 Å². The molecule has 0 aliphatic heterocycles. The Bertz CT molecular complexity index is 276. The molecule has 0 heterocycles. The van der Waals surface area contributed by atoms with E-state index in [0.717, 1.165) is 5.92 Å². The van der Waals surface area contributed by atoms with Gasteiger partial charge in [0.1, 0.15) is 0 Å². The predicted octanol–water partition coefficient (Wildman–Crippen LogP) is 3.36. The summed E-state index contributed by atoms with van der Waals surface area (Å²) >= 11 is 0. The molecule has 4 bridgehead atoms. The van der Waals surface area contributed by atoms with Gasteiger partial charge in [0, 0.05) is 0 Å². The molecule has 1 heteroatoms. The van der Waals surface area contributed by atoms with Crippen LogP contribution in [0.2, 0.25) is 0 Å².